The average Bonchev–Trinajstić information content (AvgIpc) is 3.12. The fourth-order valence-electron chi connectivity index (χ4n) is 2.64. The second-order valence-electron chi connectivity index (χ2n) is 5.97. The van der Waals surface area contributed by atoms with Crippen molar-refractivity contribution in [3.63, 3.8) is 0 Å². The van der Waals surface area contributed by atoms with Crippen molar-refractivity contribution in [1.82, 2.24) is 9.97 Å². The zero-order valence-electron chi connectivity index (χ0n) is 14.7. The second kappa shape index (κ2) is 7.42. The number of thiazole rings is 1. The summed E-state index contributed by atoms with van der Waals surface area (Å²) in [4.78, 5) is 9.36. The number of fused-ring (bicyclic) bond motifs is 1. The minimum absolute atomic E-state index is 0.109. The van der Waals surface area contributed by atoms with Crippen LogP contribution in [0.2, 0.25) is 0 Å². The topological polar surface area (TPSA) is 89.0 Å². The van der Waals surface area contributed by atoms with Crippen molar-refractivity contribution in [2.75, 3.05) is 11.0 Å². The summed E-state index contributed by atoms with van der Waals surface area (Å²) < 4.78 is 40.4. The maximum Gasteiger partial charge on any atom is 0.261 e. The fraction of sp³-hybridized carbons (Fsp3) is 0.0526. The molecule has 0 bridgehead atoms. The second-order valence-corrected chi connectivity index (χ2v) is 10.1. The van der Waals surface area contributed by atoms with Crippen LogP contribution < -0.4 is 4.72 Å². The molecule has 0 fully saturated rings. The molecule has 0 saturated carbocycles. The van der Waals surface area contributed by atoms with Gasteiger partial charge in [0.1, 0.15) is 5.01 Å². The van der Waals surface area contributed by atoms with Crippen molar-refractivity contribution in [1.29, 1.82) is 0 Å². The van der Waals surface area contributed by atoms with Crippen LogP contribution in [0.3, 0.4) is 0 Å². The minimum Gasteiger partial charge on any atom is -0.280 e. The van der Waals surface area contributed by atoms with Gasteiger partial charge in [-0.2, -0.15) is 0 Å². The Labute approximate surface area is 168 Å². The van der Waals surface area contributed by atoms with E-state index in [1.54, 1.807) is 49.0 Å². The van der Waals surface area contributed by atoms with Gasteiger partial charge in [0, 0.05) is 45.6 Å². The number of nitrogens with zero attached hydrogens (tertiary/aromatic N) is 2. The lowest BCUT2D eigenvalue weighted by Gasteiger charge is -2.09. The lowest BCUT2D eigenvalue weighted by Crippen LogP contribution is -2.13. The van der Waals surface area contributed by atoms with E-state index in [4.69, 9.17) is 0 Å². The Morgan fingerprint density at radius 2 is 1.86 bits per heavy atom. The molecular weight excluding hydrogens is 414 g/mol. The van der Waals surface area contributed by atoms with Gasteiger partial charge in [0.2, 0.25) is 0 Å². The highest BCUT2D eigenvalue weighted by Gasteiger charge is 2.15. The van der Waals surface area contributed by atoms with Crippen LogP contribution in [-0.2, 0) is 20.8 Å². The molecule has 0 aliphatic carbocycles. The van der Waals surface area contributed by atoms with Crippen molar-refractivity contribution in [3.05, 3.63) is 67.0 Å². The van der Waals surface area contributed by atoms with E-state index >= 15 is 0 Å². The van der Waals surface area contributed by atoms with E-state index in [1.165, 1.54) is 23.5 Å². The maximum absolute atomic E-state index is 12.7. The fourth-order valence-corrected chi connectivity index (χ4v) is 5.14. The Hall–Kier alpha value is -2.62. The Balaban J connectivity index is 1.63. The van der Waals surface area contributed by atoms with Gasteiger partial charge < -0.3 is 0 Å². The summed E-state index contributed by atoms with van der Waals surface area (Å²) in [6.07, 6.45) is 5.00. The number of anilines is 1. The molecule has 0 aliphatic rings. The third kappa shape index (κ3) is 3.82. The van der Waals surface area contributed by atoms with E-state index in [9.17, 15) is 12.6 Å². The predicted molar refractivity (Wildman–Crippen MR) is 112 cm³/mol. The third-order valence-electron chi connectivity index (χ3n) is 4.02. The van der Waals surface area contributed by atoms with E-state index < -0.39 is 20.8 Å². The molecule has 2 aromatic carbocycles. The first-order valence-corrected chi connectivity index (χ1v) is 12.1. The minimum atomic E-state index is -3.76. The number of pyridine rings is 1. The Kier molecular flexibility index (Phi) is 4.96. The molecule has 0 saturated heterocycles. The first-order valence-electron chi connectivity index (χ1n) is 8.20. The molecule has 0 radical (unpaired) electrons. The van der Waals surface area contributed by atoms with Crippen molar-refractivity contribution in [3.8, 4) is 10.6 Å². The zero-order chi connectivity index (χ0) is 19.7. The van der Waals surface area contributed by atoms with Crippen LogP contribution in [-0.4, -0.2) is 28.9 Å². The Morgan fingerprint density at radius 1 is 1.07 bits per heavy atom. The van der Waals surface area contributed by atoms with Gasteiger partial charge in [0.25, 0.3) is 10.0 Å². The van der Waals surface area contributed by atoms with Crippen LogP contribution in [0.4, 0.5) is 5.69 Å². The maximum atomic E-state index is 12.7. The highest BCUT2D eigenvalue weighted by atomic mass is 32.2. The molecule has 0 aliphatic heterocycles. The number of sulfonamides is 1. The predicted octanol–water partition coefficient (Wildman–Crippen LogP) is 3.90. The monoisotopic (exact) mass is 429 g/mol. The normalized spacial score (nSPS) is 12.8. The molecule has 2 heterocycles. The zero-order valence-corrected chi connectivity index (χ0v) is 17.1. The summed E-state index contributed by atoms with van der Waals surface area (Å²) in [5.74, 6) is 0. The third-order valence-corrected chi connectivity index (χ3v) is 7.41. The molecule has 9 heteroatoms. The number of hydrogen-bond donors (Lipinski definition) is 1. The lowest BCUT2D eigenvalue weighted by molar-refractivity contribution is 0.601. The van der Waals surface area contributed by atoms with Crippen molar-refractivity contribution < 1.29 is 12.6 Å². The number of nitrogens with one attached hydrogen (secondary N) is 1. The highest BCUT2D eigenvalue weighted by Crippen LogP contribution is 2.31. The molecule has 142 valence electrons. The molecule has 4 aromatic rings. The van der Waals surface area contributed by atoms with E-state index in [-0.39, 0.29) is 4.90 Å². The number of benzene rings is 2. The number of rotatable bonds is 5. The summed E-state index contributed by atoms with van der Waals surface area (Å²) in [6.45, 7) is 0. The van der Waals surface area contributed by atoms with Crippen LogP contribution in [0.25, 0.3) is 20.8 Å². The number of aromatic nitrogens is 2. The molecule has 2 aromatic heterocycles. The van der Waals surface area contributed by atoms with Crippen LogP contribution in [0.1, 0.15) is 0 Å². The quantitative estimate of drug-likeness (QED) is 0.520. The summed E-state index contributed by atoms with van der Waals surface area (Å²) in [5.41, 5.74) is 2.12. The van der Waals surface area contributed by atoms with E-state index in [2.05, 4.69) is 14.7 Å². The van der Waals surface area contributed by atoms with Crippen LogP contribution in [0.5, 0.6) is 0 Å². The summed E-state index contributed by atoms with van der Waals surface area (Å²) in [5, 5.41) is 0.791. The Morgan fingerprint density at radius 3 is 2.57 bits per heavy atom. The molecule has 1 N–H and O–H groups in total. The highest BCUT2D eigenvalue weighted by molar-refractivity contribution is 7.92. The van der Waals surface area contributed by atoms with Crippen molar-refractivity contribution in [2.45, 2.75) is 9.79 Å². The van der Waals surface area contributed by atoms with Crippen molar-refractivity contribution >= 4 is 48.1 Å². The number of hydrogen-bond acceptors (Lipinski definition) is 6. The van der Waals surface area contributed by atoms with Gasteiger partial charge in [-0.3, -0.25) is 13.9 Å². The summed E-state index contributed by atoms with van der Waals surface area (Å²) >= 11 is 1.50. The van der Waals surface area contributed by atoms with Crippen LogP contribution in [0.15, 0.2) is 76.8 Å². The first kappa shape index (κ1) is 18.7. The van der Waals surface area contributed by atoms with Gasteiger partial charge in [-0.05, 0) is 42.5 Å². The smallest absolute Gasteiger partial charge is 0.261 e. The molecule has 4 rings (SSSR count). The van der Waals surface area contributed by atoms with Gasteiger partial charge in [-0.1, -0.05) is 12.1 Å². The van der Waals surface area contributed by atoms with E-state index in [0.717, 1.165) is 20.8 Å². The lowest BCUT2D eigenvalue weighted by atomic mass is 10.2. The molecule has 28 heavy (non-hydrogen) atoms. The Bertz CT molecular complexity index is 1250. The summed E-state index contributed by atoms with van der Waals surface area (Å²) in [7, 11) is -4.91. The van der Waals surface area contributed by atoms with Gasteiger partial charge in [-0.15, -0.1) is 11.3 Å². The molecule has 1 unspecified atom stereocenters. The molecule has 0 spiro atoms. The van der Waals surface area contributed by atoms with Gasteiger partial charge in [-0.25, -0.2) is 13.4 Å². The van der Waals surface area contributed by atoms with Gasteiger partial charge >= 0.3 is 0 Å². The van der Waals surface area contributed by atoms with Gasteiger partial charge in [0.15, 0.2) is 0 Å². The van der Waals surface area contributed by atoms with Crippen LogP contribution in [0, 0.1) is 0 Å². The largest absolute Gasteiger partial charge is 0.280 e. The van der Waals surface area contributed by atoms with Crippen LogP contribution >= 0.6 is 11.3 Å². The summed E-state index contributed by atoms with van der Waals surface area (Å²) in [6, 6.07) is 14.9. The molecular formula is C19H15N3O3S3. The first-order chi connectivity index (χ1) is 13.4. The molecule has 6 nitrogen and oxygen atoms in total. The SMILES string of the molecule is CS(=O)c1ccc(S(=O)(=O)Nc2cccc(-c3nc4ccncc4s3)c2)cc1. The van der Waals surface area contributed by atoms with Gasteiger partial charge in [0.05, 0.1) is 15.1 Å². The molecule has 1 atom stereocenters. The molecule has 0 amide bonds. The standard InChI is InChI=1S/C19H15N3O3S3/c1-27(23)15-5-7-16(8-6-15)28(24,25)22-14-4-2-3-13(11-14)19-21-17-9-10-20-12-18(17)26-19/h2-12,22H,1H3. The van der Waals surface area contributed by atoms with E-state index in [0.29, 0.717) is 10.6 Å². The van der Waals surface area contributed by atoms with E-state index in [1.807, 2.05) is 12.1 Å². The average molecular weight is 430 g/mol. The van der Waals surface area contributed by atoms with Crippen molar-refractivity contribution in [2.24, 2.45) is 0 Å².